The Morgan fingerprint density at radius 3 is 2.93 bits per heavy atom. The predicted molar refractivity (Wildman–Crippen MR) is 103 cm³/mol. The number of benzene rings is 1. The molecule has 9 heteroatoms. The highest BCUT2D eigenvalue weighted by Crippen LogP contribution is 2.38. The quantitative estimate of drug-likeness (QED) is 0.824. The molecule has 4 heterocycles. The van der Waals surface area contributed by atoms with Gasteiger partial charge in [-0.2, -0.15) is 0 Å². The number of aromatic nitrogens is 2. The van der Waals surface area contributed by atoms with E-state index in [-0.39, 0.29) is 6.04 Å². The molecule has 0 unspecified atom stereocenters. The van der Waals surface area contributed by atoms with Crippen molar-refractivity contribution in [3.05, 3.63) is 47.3 Å². The van der Waals surface area contributed by atoms with Gasteiger partial charge in [0.15, 0.2) is 0 Å². The molecule has 0 bridgehead atoms. The Morgan fingerprint density at radius 2 is 2.18 bits per heavy atom. The van der Waals surface area contributed by atoms with Gasteiger partial charge >= 0.3 is 0 Å². The van der Waals surface area contributed by atoms with Crippen molar-refractivity contribution in [3.63, 3.8) is 0 Å². The number of rotatable bonds is 4. The van der Waals surface area contributed by atoms with Crippen molar-refractivity contribution in [2.45, 2.75) is 19.4 Å². The number of nitrogens with one attached hydrogen (secondary N) is 2. The van der Waals surface area contributed by atoms with E-state index in [1.807, 2.05) is 36.5 Å². The summed E-state index contributed by atoms with van der Waals surface area (Å²) in [7, 11) is 3.35. The lowest BCUT2D eigenvalue weighted by Gasteiger charge is -2.21. The molecule has 9 nitrogen and oxygen atoms in total. The highest BCUT2D eigenvalue weighted by atomic mass is 16.5. The van der Waals surface area contributed by atoms with Gasteiger partial charge in [-0.3, -0.25) is 9.58 Å². The fourth-order valence-corrected chi connectivity index (χ4v) is 3.76. The number of hydrogen-bond acceptors (Lipinski definition) is 8. The van der Waals surface area contributed by atoms with Gasteiger partial charge in [-0.05, 0) is 19.1 Å². The summed E-state index contributed by atoms with van der Waals surface area (Å²) in [5, 5.41) is 2.03. The number of anilines is 1. The van der Waals surface area contributed by atoms with E-state index in [9.17, 15) is 0 Å². The van der Waals surface area contributed by atoms with Gasteiger partial charge in [-0.1, -0.05) is 0 Å². The first-order chi connectivity index (χ1) is 13.7. The van der Waals surface area contributed by atoms with Crippen LogP contribution in [-0.4, -0.2) is 48.9 Å². The maximum Gasteiger partial charge on any atom is 0.237 e. The molecule has 3 aliphatic heterocycles. The summed E-state index contributed by atoms with van der Waals surface area (Å²) in [5.41, 5.74) is 12.2. The Labute approximate surface area is 162 Å². The van der Waals surface area contributed by atoms with Crippen molar-refractivity contribution in [1.82, 2.24) is 20.5 Å². The maximum absolute atomic E-state index is 5.80. The van der Waals surface area contributed by atoms with Crippen molar-refractivity contribution in [3.8, 4) is 11.4 Å². The molecule has 0 amide bonds. The number of methoxy groups -OCH3 is 2. The first-order valence-electron chi connectivity index (χ1n) is 9.18. The largest absolute Gasteiger partial charge is 0.497 e. The Kier molecular flexibility index (Phi) is 3.99. The number of hydrogen-bond donors (Lipinski definition) is 2. The van der Waals surface area contributed by atoms with Crippen LogP contribution in [-0.2, 0) is 15.9 Å². The van der Waals surface area contributed by atoms with Crippen molar-refractivity contribution in [1.29, 1.82) is 0 Å². The van der Waals surface area contributed by atoms with Crippen molar-refractivity contribution < 1.29 is 14.2 Å². The highest BCUT2D eigenvalue weighted by Gasteiger charge is 2.34. The molecule has 2 aromatic rings. The number of ether oxygens (including phenoxy) is 3. The molecule has 0 aliphatic carbocycles. The van der Waals surface area contributed by atoms with Crippen LogP contribution in [0.5, 0.6) is 5.75 Å². The van der Waals surface area contributed by atoms with Crippen LogP contribution in [0.25, 0.3) is 5.69 Å². The second-order valence-electron chi connectivity index (χ2n) is 6.97. The molecule has 1 atom stereocenters. The lowest BCUT2D eigenvalue weighted by atomic mass is 10.1. The van der Waals surface area contributed by atoms with Crippen molar-refractivity contribution in [2.24, 2.45) is 4.99 Å². The average Bonchev–Trinajstić information content (AvgIpc) is 3.40. The molecule has 0 saturated heterocycles. The van der Waals surface area contributed by atoms with Gasteiger partial charge in [0.25, 0.3) is 0 Å². The third-order valence-electron chi connectivity index (χ3n) is 5.11. The van der Waals surface area contributed by atoms with Gasteiger partial charge in [0, 0.05) is 19.6 Å². The van der Waals surface area contributed by atoms with Crippen molar-refractivity contribution in [2.75, 3.05) is 32.4 Å². The molecule has 5 rings (SSSR count). The van der Waals surface area contributed by atoms with Gasteiger partial charge < -0.3 is 19.6 Å². The molecule has 1 aromatic carbocycles. The second kappa shape index (κ2) is 6.54. The zero-order valence-electron chi connectivity index (χ0n) is 16.0. The zero-order chi connectivity index (χ0) is 19.3. The van der Waals surface area contributed by atoms with E-state index < -0.39 is 0 Å². The van der Waals surface area contributed by atoms with E-state index in [4.69, 9.17) is 14.2 Å². The fourth-order valence-electron chi connectivity index (χ4n) is 3.76. The predicted octanol–water partition coefficient (Wildman–Crippen LogP) is 1.29. The molecule has 0 fully saturated rings. The fraction of sp³-hybridized carbons (Fsp3) is 0.368. The Balaban J connectivity index is 1.71. The van der Waals surface area contributed by atoms with Crippen LogP contribution in [0.1, 0.15) is 18.3 Å². The molecule has 3 aliphatic rings. The molecular weight excluding hydrogens is 360 g/mol. The van der Waals surface area contributed by atoms with Gasteiger partial charge in [-0.15, -0.1) is 5.53 Å². The summed E-state index contributed by atoms with van der Waals surface area (Å²) < 4.78 is 18.7. The summed E-state index contributed by atoms with van der Waals surface area (Å²) in [5.74, 6) is 1.39. The van der Waals surface area contributed by atoms with E-state index >= 15 is 0 Å². The monoisotopic (exact) mass is 382 g/mol. The van der Waals surface area contributed by atoms with E-state index in [1.54, 1.807) is 14.2 Å². The minimum Gasteiger partial charge on any atom is -0.497 e. The third-order valence-corrected chi connectivity index (χ3v) is 5.11. The van der Waals surface area contributed by atoms with Crippen LogP contribution >= 0.6 is 0 Å². The van der Waals surface area contributed by atoms with Crippen LogP contribution in [0, 0.1) is 0 Å². The standard InChI is InChI=1S/C19H22N6O3/c1-11-8-28-19(21-11)18-17-7-15-13(9-26-2)22-23-25(15)16-6-12(27-3)4-5-14(16)24(17)10-20-18/h4-6,10-11,22-23H,7-9H2,1-3H3/t11-/m0/s1. The van der Waals surface area contributed by atoms with Crippen LogP contribution in [0.3, 0.4) is 0 Å². The minimum atomic E-state index is 0.143. The number of hydrazine groups is 2. The van der Waals surface area contributed by atoms with E-state index in [1.165, 1.54) is 0 Å². The normalized spacial score (nSPS) is 20.0. The first kappa shape index (κ1) is 17.1. The first-order valence-corrected chi connectivity index (χ1v) is 9.18. The van der Waals surface area contributed by atoms with Gasteiger partial charge in [-0.25, -0.2) is 9.98 Å². The minimum absolute atomic E-state index is 0.143. The van der Waals surface area contributed by atoms with Gasteiger partial charge in [0.05, 0.1) is 48.2 Å². The maximum atomic E-state index is 5.80. The summed E-state index contributed by atoms with van der Waals surface area (Å²) in [6.07, 6.45) is 2.47. The average molecular weight is 382 g/mol. The smallest absolute Gasteiger partial charge is 0.237 e. The molecular formula is C19H22N6O3. The van der Waals surface area contributed by atoms with Crippen LogP contribution in [0.4, 0.5) is 5.69 Å². The Bertz CT molecular complexity index is 996. The van der Waals surface area contributed by atoms with Crippen LogP contribution < -0.4 is 20.7 Å². The number of fused-ring (bicyclic) bond motifs is 5. The van der Waals surface area contributed by atoms with Gasteiger partial charge in [0.2, 0.25) is 5.90 Å². The molecule has 0 saturated carbocycles. The SMILES string of the molecule is COCC1=C2Cc3c(C4=N[C@@H](C)CO4)ncn3-c3ccc(OC)cc3N2NN1. The van der Waals surface area contributed by atoms with E-state index in [2.05, 4.69) is 25.5 Å². The molecule has 28 heavy (non-hydrogen) atoms. The highest BCUT2D eigenvalue weighted by molar-refractivity contribution is 5.95. The second-order valence-corrected chi connectivity index (χ2v) is 6.97. The lowest BCUT2D eigenvalue weighted by molar-refractivity contribution is 0.219. The number of allylic oxidation sites excluding steroid dienone is 1. The number of aliphatic imine (C=N–C) groups is 1. The van der Waals surface area contributed by atoms with Crippen LogP contribution in [0.2, 0.25) is 0 Å². The Morgan fingerprint density at radius 1 is 1.29 bits per heavy atom. The number of imidazole rings is 1. The topological polar surface area (TPSA) is 85.2 Å². The summed E-state index contributed by atoms with van der Waals surface area (Å²) in [4.78, 5) is 9.25. The molecule has 146 valence electrons. The third kappa shape index (κ3) is 2.54. The summed E-state index contributed by atoms with van der Waals surface area (Å²) in [6.45, 7) is 3.09. The number of nitrogens with zero attached hydrogens (tertiary/aromatic N) is 4. The Hall–Kier alpha value is -3.04. The molecule has 0 spiro atoms. The summed E-state index contributed by atoms with van der Waals surface area (Å²) >= 11 is 0. The molecule has 0 radical (unpaired) electrons. The van der Waals surface area contributed by atoms with Crippen LogP contribution in [0.15, 0.2) is 40.9 Å². The summed E-state index contributed by atoms with van der Waals surface area (Å²) in [6, 6.07) is 6.12. The van der Waals surface area contributed by atoms with Crippen molar-refractivity contribution >= 4 is 11.6 Å². The van der Waals surface area contributed by atoms with E-state index in [0.717, 1.165) is 39.9 Å². The molecule has 1 aromatic heterocycles. The molecule has 2 N–H and O–H groups in total. The zero-order valence-corrected chi connectivity index (χ0v) is 16.0. The lowest BCUT2D eigenvalue weighted by Crippen LogP contribution is -2.38. The van der Waals surface area contributed by atoms with E-state index in [0.29, 0.717) is 25.5 Å². The van der Waals surface area contributed by atoms with Gasteiger partial charge in [0.1, 0.15) is 24.4 Å².